The van der Waals surface area contributed by atoms with E-state index in [9.17, 15) is 14.4 Å². The summed E-state index contributed by atoms with van der Waals surface area (Å²) in [6.07, 6.45) is 5.43. The Morgan fingerprint density at radius 2 is 2.03 bits per heavy atom. The summed E-state index contributed by atoms with van der Waals surface area (Å²) in [6.45, 7) is 3.41. The highest BCUT2D eigenvalue weighted by Gasteiger charge is 2.31. The lowest BCUT2D eigenvalue weighted by atomic mass is 9.87. The second kappa shape index (κ2) is 12.8. The summed E-state index contributed by atoms with van der Waals surface area (Å²) in [6, 6.07) is 5.74. The number of H-pyrrole nitrogens is 1. The van der Waals surface area contributed by atoms with Crippen LogP contribution in [0.2, 0.25) is 0 Å². The Balaban J connectivity index is 1.33. The molecule has 2 N–H and O–H groups in total. The largest absolute Gasteiger partial charge is 0.466 e. The third kappa shape index (κ3) is 6.77. The van der Waals surface area contributed by atoms with Crippen LogP contribution in [-0.4, -0.2) is 69.9 Å². The molecule has 1 aliphatic rings. The van der Waals surface area contributed by atoms with Crippen LogP contribution in [0, 0.1) is 11.8 Å². The molecule has 1 unspecified atom stereocenters. The zero-order valence-electron chi connectivity index (χ0n) is 22.0. The molecule has 0 aliphatic carbocycles. The number of aryl methyl sites for hydroxylation is 1. The van der Waals surface area contributed by atoms with Crippen molar-refractivity contribution in [2.75, 3.05) is 31.8 Å². The Kier molecular flexibility index (Phi) is 9.23. The number of aromatic amines is 1. The normalized spacial score (nSPS) is 14.6. The number of amides is 1. The van der Waals surface area contributed by atoms with Crippen LogP contribution in [-0.2, 0) is 37.3 Å². The minimum Gasteiger partial charge on any atom is -0.466 e. The van der Waals surface area contributed by atoms with Gasteiger partial charge in [0.15, 0.2) is 0 Å². The number of ether oxygens (including phenoxy) is 3. The summed E-state index contributed by atoms with van der Waals surface area (Å²) < 4.78 is 18.5. The number of hydrogen-bond donors (Lipinski definition) is 2. The maximum absolute atomic E-state index is 13.0. The van der Waals surface area contributed by atoms with Gasteiger partial charge in [0.1, 0.15) is 0 Å². The number of esters is 2. The van der Waals surface area contributed by atoms with Crippen molar-refractivity contribution in [3.8, 4) is 0 Å². The van der Waals surface area contributed by atoms with Crippen molar-refractivity contribution in [2.45, 2.75) is 26.7 Å². The SMILES string of the molecule is CCC(C(=O)OCOC(=O)N1CCN=C1Nc1ccc2[nH]ccc2c1Br)[C@H](COC(C)=O)Cc1cncn1C. The van der Waals surface area contributed by atoms with Crippen molar-refractivity contribution in [3.63, 3.8) is 0 Å². The van der Waals surface area contributed by atoms with Crippen molar-refractivity contribution in [1.29, 1.82) is 0 Å². The van der Waals surface area contributed by atoms with E-state index in [0.29, 0.717) is 31.9 Å². The second-order valence-corrected chi connectivity index (χ2v) is 9.91. The van der Waals surface area contributed by atoms with E-state index in [2.05, 4.69) is 36.2 Å². The lowest BCUT2D eigenvalue weighted by molar-refractivity contribution is -0.162. The molecule has 3 heterocycles. The van der Waals surface area contributed by atoms with Gasteiger partial charge in [0, 0.05) is 48.9 Å². The fraction of sp³-hybridized carbons (Fsp3) is 0.423. The maximum Gasteiger partial charge on any atom is 0.419 e. The Bertz CT molecular complexity index is 1370. The standard InChI is InChI=1S/C26H31BrN6O6/c1-4-19(17(13-37-16(2)34)11-18-12-28-14-32(18)3)24(35)38-15-39-26(36)33-10-9-30-25(33)31-22-6-5-21-20(23(22)27)7-8-29-21/h5-8,12,14,17,19,29H,4,9-11,13,15H2,1-3H3,(H,30,31)/t17-,19?/m0/s1. The number of anilines is 1. The molecule has 2 atom stereocenters. The van der Waals surface area contributed by atoms with Gasteiger partial charge in [0.25, 0.3) is 0 Å². The molecule has 1 amide bonds. The highest BCUT2D eigenvalue weighted by atomic mass is 79.9. The summed E-state index contributed by atoms with van der Waals surface area (Å²) in [5.74, 6) is -1.55. The van der Waals surface area contributed by atoms with E-state index in [1.165, 1.54) is 11.8 Å². The Labute approximate surface area is 233 Å². The fourth-order valence-electron chi connectivity index (χ4n) is 4.45. The molecule has 0 bridgehead atoms. The predicted molar refractivity (Wildman–Crippen MR) is 147 cm³/mol. The molecule has 208 valence electrons. The Morgan fingerprint density at radius 1 is 1.21 bits per heavy atom. The number of aromatic nitrogens is 3. The van der Waals surface area contributed by atoms with Crippen LogP contribution in [0.4, 0.5) is 10.5 Å². The number of nitrogens with one attached hydrogen (secondary N) is 2. The fourth-order valence-corrected chi connectivity index (χ4v) is 5.03. The number of aliphatic imine (C=N–C) groups is 1. The van der Waals surface area contributed by atoms with E-state index in [1.807, 2.05) is 42.9 Å². The van der Waals surface area contributed by atoms with E-state index >= 15 is 0 Å². The molecule has 0 spiro atoms. The van der Waals surface area contributed by atoms with Gasteiger partial charge in [-0.15, -0.1) is 0 Å². The first-order chi connectivity index (χ1) is 18.8. The topological polar surface area (TPSA) is 140 Å². The molecule has 4 rings (SSSR count). The van der Waals surface area contributed by atoms with E-state index in [0.717, 1.165) is 26.8 Å². The van der Waals surface area contributed by atoms with Crippen LogP contribution in [0.1, 0.15) is 26.0 Å². The highest BCUT2D eigenvalue weighted by Crippen LogP contribution is 2.31. The van der Waals surface area contributed by atoms with Gasteiger partial charge < -0.3 is 29.1 Å². The lowest BCUT2D eigenvalue weighted by Crippen LogP contribution is -2.39. The molecule has 39 heavy (non-hydrogen) atoms. The molecule has 0 fully saturated rings. The average Bonchev–Trinajstić information content (AvgIpc) is 3.66. The second-order valence-electron chi connectivity index (χ2n) is 9.12. The first kappa shape index (κ1) is 28.1. The monoisotopic (exact) mass is 602 g/mol. The molecule has 12 nitrogen and oxygen atoms in total. The molecule has 3 aromatic rings. The van der Waals surface area contributed by atoms with Crippen molar-refractivity contribution >= 4 is 56.5 Å². The number of carbonyl (C=O) groups is 3. The highest BCUT2D eigenvalue weighted by molar-refractivity contribution is 9.10. The summed E-state index contributed by atoms with van der Waals surface area (Å²) in [5, 5.41) is 4.16. The van der Waals surface area contributed by atoms with Crippen LogP contribution in [0.25, 0.3) is 10.9 Å². The predicted octanol–water partition coefficient (Wildman–Crippen LogP) is 3.83. The number of benzene rings is 1. The molecule has 0 saturated heterocycles. The van der Waals surface area contributed by atoms with Gasteiger partial charge in [-0.05, 0) is 47.0 Å². The number of carbonyl (C=O) groups excluding carboxylic acids is 3. The van der Waals surface area contributed by atoms with Crippen LogP contribution >= 0.6 is 15.9 Å². The number of guanidine groups is 1. The summed E-state index contributed by atoms with van der Waals surface area (Å²) in [7, 11) is 1.85. The van der Waals surface area contributed by atoms with Crippen molar-refractivity contribution < 1.29 is 28.6 Å². The van der Waals surface area contributed by atoms with E-state index < -0.39 is 30.7 Å². The summed E-state index contributed by atoms with van der Waals surface area (Å²) >= 11 is 3.59. The quantitative estimate of drug-likeness (QED) is 0.263. The minimum atomic E-state index is -0.690. The molecule has 13 heteroatoms. The Hall–Kier alpha value is -3.87. The smallest absolute Gasteiger partial charge is 0.419 e. The van der Waals surface area contributed by atoms with Crippen LogP contribution in [0.5, 0.6) is 0 Å². The minimum absolute atomic E-state index is 0.0529. The van der Waals surface area contributed by atoms with Gasteiger partial charge in [-0.1, -0.05) is 6.92 Å². The van der Waals surface area contributed by atoms with E-state index in [4.69, 9.17) is 14.2 Å². The van der Waals surface area contributed by atoms with E-state index in [-0.39, 0.29) is 12.5 Å². The number of nitrogens with zero attached hydrogens (tertiary/aromatic N) is 4. The molecule has 0 radical (unpaired) electrons. The number of halogens is 1. The van der Waals surface area contributed by atoms with Crippen LogP contribution in [0.15, 0.2) is 46.4 Å². The zero-order chi connectivity index (χ0) is 27.9. The van der Waals surface area contributed by atoms with Gasteiger partial charge in [-0.25, -0.2) is 14.7 Å². The first-order valence-corrected chi connectivity index (χ1v) is 13.3. The molecular formula is C26H31BrN6O6. The average molecular weight is 603 g/mol. The number of imidazole rings is 1. The van der Waals surface area contributed by atoms with E-state index in [1.54, 1.807) is 12.5 Å². The van der Waals surface area contributed by atoms with Gasteiger partial charge in [0.05, 0.1) is 42.1 Å². The number of hydrogen-bond acceptors (Lipinski definition) is 9. The molecule has 2 aromatic heterocycles. The van der Waals surface area contributed by atoms with Crippen LogP contribution in [0.3, 0.4) is 0 Å². The molecule has 1 aliphatic heterocycles. The van der Waals surface area contributed by atoms with Gasteiger partial charge >= 0.3 is 18.0 Å². The van der Waals surface area contributed by atoms with Gasteiger partial charge in [-0.3, -0.25) is 14.6 Å². The third-order valence-corrected chi connectivity index (χ3v) is 7.41. The van der Waals surface area contributed by atoms with Crippen molar-refractivity contribution in [1.82, 2.24) is 19.4 Å². The van der Waals surface area contributed by atoms with Crippen molar-refractivity contribution in [2.24, 2.45) is 23.9 Å². The summed E-state index contributed by atoms with van der Waals surface area (Å²) in [4.78, 5) is 50.2. The molecule has 1 aromatic carbocycles. The molecular weight excluding hydrogens is 572 g/mol. The molecule has 0 saturated carbocycles. The summed E-state index contributed by atoms with van der Waals surface area (Å²) in [5.41, 5.74) is 2.60. The lowest BCUT2D eigenvalue weighted by Gasteiger charge is -2.25. The Morgan fingerprint density at radius 3 is 2.74 bits per heavy atom. The number of fused-ring (bicyclic) bond motifs is 1. The third-order valence-electron chi connectivity index (χ3n) is 6.56. The first-order valence-electron chi connectivity index (χ1n) is 12.5. The van der Waals surface area contributed by atoms with Crippen LogP contribution < -0.4 is 5.32 Å². The number of rotatable bonds is 10. The van der Waals surface area contributed by atoms with Crippen molar-refractivity contribution in [3.05, 3.63) is 47.1 Å². The van der Waals surface area contributed by atoms with Gasteiger partial charge in [-0.2, -0.15) is 0 Å². The van der Waals surface area contributed by atoms with Gasteiger partial charge in [0.2, 0.25) is 12.8 Å². The zero-order valence-corrected chi connectivity index (χ0v) is 23.6. The maximum atomic E-state index is 13.0.